The van der Waals surface area contributed by atoms with E-state index < -0.39 is 0 Å². The molecule has 26 heavy (non-hydrogen) atoms. The van der Waals surface area contributed by atoms with E-state index in [1.54, 1.807) is 0 Å². The van der Waals surface area contributed by atoms with Gasteiger partial charge >= 0.3 is 0 Å². The first-order valence-corrected chi connectivity index (χ1v) is 11.9. The summed E-state index contributed by atoms with van der Waals surface area (Å²) in [6.07, 6.45) is 33.2. The molecule has 0 spiro atoms. The summed E-state index contributed by atoms with van der Waals surface area (Å²) in [5.41, 5.74) is 6.17. The van der Waals surface area contributed by atoms with Crippen molar-refractivity contribution in [2.24, 2.45) is 5.73 Å². The maximum atomic E-state index is 6.17. The van der Waals surface area contributed by atoms with Crippen LogP contribution in [0.15, 0.2) is 24.3 Å². The lowest BCUT2D eigenvalue weighted by Gasteiger charge is -2.10. The van der Waals surface area contributed by atoms with Crippen LogP contribution in [-0.4, -0.2) is 6.04 Å². The quantitative estimate of drug-likeness (QED) is 0.170. The number of hydrogen-bond acceptors (Lipinski definition) is 1. The van der Waals surface area contributed by atoms with E-state index in [-0.39, 0.29) is 0 Å². The zero-order valence-corrected chi connectivity index (χ0v) is 18.2. The Morgan fingerprint density at radius 3 is 1.54 bits per heavy atom. The van der Waals surface area contributed by atoms with Crippen molar-refractivity contribution in [3.63, 3.8) is 0 Å². The minimum absolute atomic E-state index is 0.458. The standard InChI is InChI=1S/C25H49N/c1-3-5-7-8-9-10-11-12-13-14-15-16-17-18-19-20-22-24-25(26)23-21-6-4-2/h9-10,12-13,25H,3-8,11,14-24,26H2,1-2H3. The Labute approximate surface area is 165 Å². The highest BCUT2D eigenvalue weighted by Crippen LogP contribution is 2.12. The molecule has 0 aromatic rings. The number of hydrogen-bond donors (Lipinski definition) is 1. The van der Waals surface area contributed by atoms with Gasteiger partial charge in [0.15, 0.2) is 0 Å². The predicted octanol–water partition coefficient (Wildman–Crippen LogP) is 8.49. The Morgan fingerprint density at radius 1 is 0.538 bits per heavy atom. The molecule has 0 aliphatic carbocycles. The smallest absolute Gasteiger partial charge is 0.00388 e. The van der Waals surface area contributed by atoms with Crippen molar-refractivity contribution in [2.75, 3.05) is 0 Å². The van der Waals surface area contributed by atoms with Gasteiger partial charge in [-0.25, -0.2) is 0 Å². The van der Waals surface area contributed by atoms with Crippen LogP contribution in [-0.2, 0) is 0 Å². The van der Waals surface area contributed by atoms with Crippen LogP contribution in [0.1, 0.15) is 129 Å². The van der Waals surface area contributed by atoms with Crippen molar-refractivity contribution in [1.82, 2.24) is 0 Å². The fraction of sp³-hybridized carbons (Fsp3) is 0.840. The van der Waals surface area contributed by atoms with Crippen molar-refractivity contribution in [3.05, 3.63) is 24.3 Å². The molecule has 0 rings (SSSR count). The van der Waals surface area contributed by atoms with Crippen LogP contribution in [0.4, 0.5) is 0 Å². The van der Waals surface area contributed by atoms with Crippen molar-refractivity contribution in [2.45, 2.75) is 135 Å². The van der Waals surface area contributed by atoms with Gasteiger partial charge in [-0.1, -0.05) is 109 Å². The van der Waals surface area contributed by atoms with Gasteiger partial charge in [0.2, 0.25) is 0 Å². The minimum atomic E-state index is 0.458. The number of allylic oxidation sites excluding steroid dienone is 4. The maximum Gasteiger partial charge on any atom is 0.00388 e. The van der Waals surface area contributed by atoms with Crippen molar-refractivity contribution < 1.29 is 0 Å². The Morgan fingerprint density at radius 2 is 0.962 bits per heavy atom. The number of rotatable bonds is 20. The SMILES string of the molecule is CCCCCC=CCC=CCCCCCCCCCC(N)CCCCC. The zero-order chi connectivity index (χ0) is 19.1. The third kappa shape index (κ3) is 21.5. The summed E-state index contributed by atoms with van der Waals surface area (Å²) >= 11 is 0. The molecule has 0 aliphatic heterocycles. The average Bonchev–Trinajstić information content (AvgIpc) is 2.64. The van der Waals surface area contributed by atoms with E-state index in [4.69, 9.17) is 5.73 Å². The van der Waals surface area contributed by atoms with Crippen LogP contribution in [0, 0.1) is 0 Å². The third-order valence-corrected chi connectivity index (χ3v) is 5.20. The Kier molecular flexibility index (Phi) is 22.0. The van der Waals surface area contributed by atoms with Crippen molar-refractivity contribution in [3.8, 4) is 0 Å². The van der Waals surface area contributed by atoms with Crippen molar-refractivity contribution in [1.29, 1.82) is 0 Å². The highest BCUT2D eigenvalue weighted by Gasteiger charge is 2.01. The second-order valence-electron chi connectivity index (χ2n) is 7.98. The Balaban J connectivity index is 3.20. The molecule has 0 aliphatic rings. The van der Waals surface area contributed by atoms with Crippen LogP contribution in [0.25, 0.3) is 0 Å². The Hall–Kier alpha value is -0.560. The second kappa shape index (κ2) is 22.5. The van der Waals surface area contributed by atoms with Crippen molar-refractivity contribution >= 4 is 0 Å². The van der Waals surface area contributed by atoms with Crippen LogP contribution >= 0.6 is 0 Å². The van der Waals surface area contributed by atoms with E-state index in [0.29, 0.717) is 6.04 Å². The molecule has 0 radical (unpaired) electrons. The molecule has 0 aromatic carbocycles. The molecule has 1 heteroatoms. The molecule has 0 heterocycles. The maximum absolute atomic E-state index is 6.17. The van der Waals surface area contributed by atoms with E-state index >= 15 is 0 Å². The fourth-order valence-electron chi connectivity index (χ4n) is 3.37. The minimum Gasteiger partial charge on any atom is -0.328 e. The summed E-state index contributed by atoms with van der Waals surface area (Å²) in [5, 5.41) is 0. The van der Waals surface area contributed by atoms with Gasteiger partial charge in [0.05, 0.1) is 0 Å². The normalized spacial score (nSPS) is 13.2. The molecule has 2 N–H and O–H groups in total. The van der Waals surface area contributed by atoms with E-state index in [0.717, 1.165) is 6.42 Å². The molecule has 0 fully saturated rings. The monoisotopic (exact) mass is 363 g/mol. The molecule has 0 saturated heterocycles. The molecule has 0 amide bonds. The van der Waals surface area contributed by atoms with E-state index in [1.807, 2.05) is 0 Å². The lowest BCUT2D eigenvalue weighted by molar-refractivity contribution is 0.490. The Bertz CT molecular complexity index is 305. The van der Waals surface area contributed by atoms with Gasteiger partial charge in [-0.15, -0.1) is 0 Å². The molecule has 0 aromatic heterocycles. The van der Waals surface area contributed by atoms with Gasteiger partial charge in [0, 0.05) is 6.04 Å². The molecule has 0 saturated carbocycles. The first-order valence-electron chi connectivity index (χ1n) is 11.9. The predicted molar refractivity (Wildman–Crippen MR) is 121 cm³/mol. The zero-order valence-electron chi connectivity index (χ0n) is 18.2. The molecule has 1 atom stereocenters. The molecule has 154 valence electrons. The van der Waals surface area contributed by atoms with Gasteiger partial charge in [0.1, 0.15) is 0 Å². The molecule has 0 bridgehead atoms. The average molecular weight is 364 g/mol. The molecular weight excluding hydrogens is 314 g/mol. The highest BCUT2D eigenvalue weighted by molar-refractivity contribution is 4.92. The van der Waals surface area contributed by atoms with E-state index in [9.17, 15) is 0 Å². The lowest BCUT2D eigenvalue weighted by atomic mass is 10.0. The molecule has 1 unspecified atom stereocenters. The third-order valence-electron chi connectivity index (χ3n) is 5.20. The van der Waals surface area contributed by atoms with Crippen LogP contribution in [0.3, 0.4) is 0 Å². The number of nitrogens with two attached hydrogens (primary N) is 1. The van der Waals surface area contributed by atoms with Gasteiger partial charge in [0.25, 0.3) is 0 Å². The largest absolute Gasteiger partial charge is 0.328 e. The van der Waals surface area contributed by atoms with Gasteiger partial charge < -0.3 is 5.73 Å². The summed E-state index contributed by atoms with van der Waals surface area (Å²) in [7, 11) is 0. The summed E-state index contributed by atoms with van der Waals surface area (Å²) in [5.74, 6) is 0. The highest BCUT2D eigenvalue weighted by atomic mass is 14.6. The topological polar surface area (TPSA) is 26.0 Å². The van der Waals surface area contributed by atoms with Gasteiger partial charge in [-0.3, -0.25) is 0 Å². The van der Waals surface area contributed by atoms with Crippen LogP contribution < -0.4 is 5.73 Å². The lowest BCUT2D eigenvalue weighted by Crippen LogP contribution is -2.19. The number of unbranched alkanes of at least 4 members (excludes halogenated alkanes) is 12. The van der Waals surface area contributed by atoms with Gasteiger partial charge in [-0.2, -0.15) is 0 Å². The second-order valence-corrected chi connectivity index (χ2v) is 7.98. The summed E-state index contributed by atoms with van der Waals surface area (Å²) in [6, 6.07) is 0.458. The summed E-state index contributed by atoms with van der Waals surface area (Å²) in [4.78, 5) is 0. The first kappa shape index (κ1) is 25.4. The summed E-state index contributed by atoms with van der Waals surface area (Å²) in [6.45, 7) is 4.52. The van der Waals surface area contributed by atoms with E-state index in [1.165, 1.54) is 109 Å². The molecular formula is C25H49N. The van der Waals surface area contributed by atoms with Crippen LogP contribution in [0.5, 0.6) is 0 Å². The first-order chi connectivity index (χ1) is 12.8. The van der Waals surface area contributed by atoms with Gasteiger partial charge in [-0.05, 0) is 44.9 Å². The summed E-state index contributed by atoms with van der Waals surface area (Å²) < 4.78 is 0. The fourth-order valence-corrected chi connectivity index (χ4v) is 3.37. The molecule has 1 nitrogen and oxygen atoms in total. The van der Waals surface area contributed by atoms with E-state index in [2.05, 4.69) is 38.2 Å². The van der Waals surface area contributed by atoms with Crippen LogP contribution in [0.2, 0.25) is 0 Å².